The molecule has 0 N–H and O–H groups in total. The summed E-state index contributed by atoms with van der Waals surface area (Å²) >= 11 is 1.98. The maximum atomic E-state index is 12.2. The third-order valence-electron chi connectivity index (χ3n) is 4.01. The first-order chi connectivity index (χ1) is 7.85. The van der Waals surface area contributed by atoms with Crippen molar-refractivity contribution >= 4 is 17.7 Å². The second-order valence-corrected chi connectivity index (χ2v) is 7.35. The molecule has 1 aliphatic rings. The van der Waals surface area contributed by atoms with E-state index in [1.165, 1.54) is 0 Å². The van der Waals surface area contributed by atoms with Crippen LogP contribution in [0.1, 0.15) is 60.3 Å². The van der Waals surface area contributed by atoms with E-state index in [1.54, 1.807) is 0 Å². The van der Waals surface area contributed by atoms with Crippen LogP contribution in [0.2, 0.25) is 0 Å². The van der Waals surface area contributed by atoms with E-state index >= 15 is 0 Å². The van der Waals surface area contributed by atoms with Crippen LogP contribution in [0, 0.1) is 5.41 Å². The highest BCUT2D eigenvalue weighted by molar-refractivity contribution is 7.99. The number of rotatable bonds is 4. The van der Waals surface area contributed by atoms with Crippen molar-refractivity contribution in [3.8, 4) is 0 Å². The van der Waals surface area contributed by atoms with Crippen molar-refractivity contribution in [3.05, 3.63) is 0 Å². The molecular weight excluding hydrogens is 232 g/mol. The third kappa shape index (κ3) is 3.64. The molecule has 0 aromatic carbocycles. The summed E-state index contributed by atoms with van der Waals surface area (Å²) in [6, 6.07) is 0. The topological polar surface area (TPSA) is 26.3 Å². The number of hydrogen-bond donors (Lipinski definition) is 0. The molecule has 1 heterocycles. The molecule has 0 spiro atoms. The standard InChI is InChI=1S/C14H26O2S/c1-6-13(4,5)12(15)16-14(7-2)8-9-17-11(3)10-14/h11H,6-10H2,1-5H3. The van der Waals surface area contributed by atoms with Crippen LogP contribution < -0.4 is 0 Å². The van der Waals surface area contributed by atoms with Gasteiger partial charge in [0.2, 0.25) is 0 Å². The number of hydrogen-bond acceptors (Lipinski definition) is 3. The fourth-order valence-corrected chi connectivity index (χ4v) is 3.41. The number of carbonyl (C=O) groups is 1. The van der Waals surface area contributed by atoms with Gasteiger partial charge in [-0.1, -0.05) is 20.8 Å². The Kier molecular flexibility index (Phi) is 4.94. The van der Waals surface area contributed by atoms with Crippen molar-refractivity contribution in [2.45, 2.75) is 71.2 Å². The largest absolute Gasteiger partial charge is 0.459 e. The Balaban J connectivity index is 2.72. The summed E-state index contributed by atoms with van der Waals surface area (Å²) in [5, 5.41) is 0.598. The first-order valence-corrected chi connectivity index (χ1v) is 7.75. The second kappa shape index (κ2) is 5.64. The van der Waals surface area contributed by atoms with Gasteiger partial charge in [0, 0.05) is 5.25 Å². The zero-order chi connectivity index (χ0) is 13.1. The minimum absolute atomic E-state index is 0.0269. The Morgan fingerprint density at radius 2 is 2.12 bits per heavy atom. The Bertz CT molecular complexity index is 275. The lowest BCUT2D eigenvalue weighted by molar-refractivity contribution is -0.172. The summed E-state index contributed by atoms with van der Waals surface area (Å²) in [5.41, 5.74) is -0.551. The summed E-state index contributed by atoms with van der Waals surface area (Å²) in [7, 11) is 0. The number of thioether (sulfide) groups is 1. The molecule has 0 saturated carbocycles. The van der Waals surface area contributed by atoms with E-state index in [1.807, 2.05) is 32.5 Å². The number of ether oxygens (including phenoxy) is 1. The quantitative estimate of drug-likeness (QED) is 0.712. The predicted molar refractivity (Wildman–Crippen MR) is 74.3 cm³/mol. The Morgan fingerprint density at radius 1 is 1.47 bits per heavy atom. The maximum absolute atomic E-state index is 12.2. The molecule has 0 aliphatic carbocycles. The molecule has 2 unspecified atom stereocenters. The molecule has 1 rings (SSSR count). The molecule has 1 fully saturated rings. The van der Waals surface area contributed by atoms with Gasteiger partial charge in [0.1, 0.15) is 5.60 Å². The minimum atomic E-state index is -0.351. The highest BCUT2D eigenvalue weighted by atomic mass is 32.2. The number of esters is 1. The van der Waals surface area contributed by atoms with Crippen LogP contribution in [0.4, 0.5) is 0 Å². The van der Waals surface area contributed by atoms with E-state index in [0.29, 0.717) is 5.25 Å². The van der Waals surface area contributed by atoms with Crippen molar-refractivity contribution in [1.82, 2.24) is 0 Å². The smallest absolute Gasteiger partial charge is 0.312 e. The molecule has 0 radical (unpaired) electrons. The molecule has 17 heavy (non-hydrogen) atoms. The SMILES string of the molecule is CCC1(OC(=O)C(C)(C)CC)CCSC(C)C1. The molecule has 2 atom stereocenters. The van der Waals surface area contributed by atoms with Gasteiger partial charge in [-0.15, -0.1) is 0 Å². The van der Waals surface area contributed by atoms with Crippen molar-refractivity contribution in [2.24, 2.45) is 5.41 Å². The Hall–Kier alpha value is -0.180. The Morgan fingerprint density at radius 3 is 2.59 bits per heavy atom. The zero-order valence-corrected chi connectivity index (χ0v) is 12.7. The van der Waals surface area contributed by atoms with Gasteiger partial charge >= 0.3 is 5.97 Å². The molecule has 0 amide bonds. The van der Waals surface area contributed by atoms with Crippen LogP contribution in [0.5, 0.6) is 0 Å². The van der Waals surface area contributed by atoms with Crippen LogP contribution in [0.3, 0.4) is 0 Å². The summed E-state index contributed by atoms with van der Waals surface area (Å²) in [6.07, 6.45) is 3.77. The summed E-state index contributed by atoms with van der Waals surface area (Å²) in [4.78, 5) is 12.2. The molecule has 100 valence electrons. The van der Waals surface area contributed by atoms with Crippen LogP contribution in [-0.2, 0) is 9.53 Å². The molecule has 2 nitrogen and oxygen atoms in total. The van der Waals surface area contributed by atoms with E-state index in [9.17, 15) is 4.79 Å². The van der Waals surface area contributed by atoms with E-state index < -0.39 is 0 Å². The van der Waals surface area contributed by atoms with E-state index in [4.69, 9.17) is 4.74 Å². The molecule has 3 heteroatoms. The summed E-state index contributed by atoms with van der Waals surface area (Å²) in [6.45, 7) is 10.3. The summed E-state index contributed by atoms with van der Waals surface area (Å²) in [5.74, 6) is 1.08. The van der Waals surface area contributed by atoms with Crippen molar-refractivity contribution in [3.63, 3.8) is 0 Å². The van der Waals surface area contributed by atoms with Crippen molar-refractivity contribution in [2.75, 3.05) is 5.75 Å². The monoisotopic (exact) mass is 258 g/mol. The van der Waals surface area contributed by atoms with Crippen LogP contribution >= 0.6 is 11.8 Å². The van der Waals surface area contributed by atoms with Gasteiger partial charge in [-0.05, 0) is 45.3 Å². The highest BCUT2D eigenvalue weighted by Crippen LogP contribution is 2.39. The number of carbonyl (C=O) groups excluding carboxylic acids is 1. The van der Waals surface area contributed by atoms with Gasteiger partial charge in [-0.2, -0.15) is 11.8 Å². The predicted octanol–water partition coefficient (Wildman–Crippen LogP) is 4.03. The van der Waals surface area contributed by atoms with Gasteiger partial charge in [-0.3, -0.25) is 4.79 Å². The van der Waals surface area contributed by atoms with Gasteiger partial charge < -0.3 is 4.74 Å². The molecule has 1 saturated heterocycles. The average molecular weight is 258 g/mol. The van der Waals surface area contributed by atoms with Gasteiger partial charge in [0.05, 0.1) is 5.41 Å². The van der Waals surface area contributed by atoms with Crippen molar-refractivity contribution < 1.29 is 9.53 Å². The first-order valence-electron chi connectivity index (χ1n) is 6.70. The van der Waals surface area contributed by atoms with Crippen LogP contribution in [-0.4, -0.2) is 22.6 Å². The normalized spacial score (nSPS) is 30.1. The van der Waals surface area contributed by atoms with Crippen LogP contribution in [0.25, 0.3) is 0 Å². The molecule has 0 aromatic heterocycles. The molecular formula is C14H26O2S. The van der Waals surface area contributed by atoms with E-state index in [0.717, 1.165) is 31.4 Å². The van der Waals surface area contributed by atoms with E-state index in [2.05, 4.69) is 13.8 Å². The second-order valence-electron chi connectivity index (χ2n) is 5.80. The molecule has 0 aromatic rings. The summed E-state index contributed by atoms with van der Waals surface area (Å²) < 4.78 is 5.90. The van der Waals surface area contributed by atoms with Crippen LogP contribution in [0.15, 0.2) is 0 Å². The van der Waals surface area contributed by atoms with Gasteiger partial charge in [0.15, 0.2) is 0 Å². The van der Waals surface area contributed by atoms with Crippen molar-refractivity contribution in [1.29, 1.82) is 0 Å². The van der Waals surface area contributed by atoms with E-state index in [-0.39, 0.29) is 17.0 Å². The fraction of sp³-hybridized carbons (Fsp3) is 0.929. The van der Waals surface area contributed by atoms with Gasteiger partial charge in [0.25, 0.3) is 0 Å². The first kappa shape index (κ1) is 14.9. The lowest BCUT2D eigenvalue weighted by Gasteiger charge is -2.40. The van der Waals surface area contributed by atoms with Gasteiger partial charge in [-0.25, -0.2) is 0 Å². The third-order valence-corrected chi connectivity index (χ3v) is 5.19. The minimum Gasteiger partial charge on any atom is -0.459 e. The fourth-order valence-electron chi connectivity index (χ4n) is 2.10. The maximum Gasteiger partial charge on any atom is 0.312 e. The lowest BCUT2D eigenvalue weighted by atomic mass is 9.87. The average Bonchev–Trinajstić information content (AvgIpc) is 2.29. The lowest BCUT2D eigenvalue weighted by Crippen LogP contribution is -2.43. The Labute approximate surface area is 110 Å². The molecule has 0 bridgehead atoms. The zero-order valence-electron chi connectivity index (χ0n) is 11.8. The highest BCUT2D eigenvalue weighted by Gasteiger charge is 2.40. The molecule has 1 aliphatic heterocycles.